The van der Waals surface area contributed by atoms with Crippen LogP contribution in [0.25, 0.3) is 10.1 Å². The smallest absolute Gasteiger partial charge is 0.220 e. The van der Waals surface area contributed by atoms with Crippen molar-refractivity contribution in [1.82, 2.24) is 4.37 Å². The molecule has 2 N–H and O–H groups in total. The maximum atomic E-state index is 11.2. The summed E-state index contributed by atoms with van der Waals surface area (Å²) in [5.41, 5.74) is 6.59. The van der Waals surface area contributed by atoms with E-state index >= 15 is 0 Å². The summed E-state index contributed by atoms with van der Waals surface area (Å²) in [5.74, 6) is 0.430. The van der Waals surface area contributed by atoms with Crippen LogP contribution in [-0.2, 0) is 4.79 Å². The number of hydrogen-bond acceptors (Lipinski definition) is 3. The summed E-state index contributed by atoms with van der Waals surface area (Å²) >= 11 is 1.57. The summed E-state index contributed by atoms with van der Waals surface area (Å²) in [6, 6.07) is 8.38. The minimum absolute atomic E-state index is 0.0751. The number of carbonyl (C=O) groups excluding carboxylic acids is 1. The normalized spacial score (nSPS) is 24.2. The zero-order chi connectivity index (χ0) is 12.5. The molecule has 1 heterocycles. The third kappa shape index (κ3) is 2.01. The molecule has 0 radical (unpaired) electrons. The highest BCUT2D eigenvalue weighted by Gasteiger charge is 2.27. The van der Waals surface area contributed by atoms with E-state index in [0.717, 1.165) is 25.7 Å². The molecule has 1 aliphatic rings. The predicted octanol–water partition coefficient (Wildman–Crippen LogP) is 3.06. The lowest BCUT2D eigenvalue weighted by atomic mass is 9.79. The van der Waals surface area contributed by atoms with Crippen LogP contribution >= 0.6 is 11.5 Å². The van der Waals surface area contributed by atoms with Crippen molar-refractivity contribution in [2.45, 2.75) is 31.6 Å². The molecule has 3 nitrogen and oxygen atoms in total. The van der Waals surface area contributed by atoms with Crippen molar-refractivity contribution in [3.05, 3.63) is 30.0 Å². The van der Waals surface area contributed by atoms with Gasteiger partial charge in [0.05, 0.1) is 10.4 Å². The largest absolute Gasteiger partial charge is 0.369 e. The van der Waals surface area contributed by atoms with Gasteiger partial charge in [0.2, 0.25) is 5.91 Å². The molecule has 3 rings (SSSR count). The van der Waals surface area contributed by atoms with Crippen molar-refractivity contribution in [2.24, 2.45) is 11.7 Å². The van der Waals surface area contributed by atoms with E-state index in [9.17, 15) is 4.79 Å². The molecule has 1 fully saturated rings. The number of carbonyl (C=O) groups is 1. The first-order valence-corrected chi connectivity index (χ1v) is 7.16. The highest BCUT2D eigenvalue weighted by atomic mass is 32.1. The van der Waals surface area contributed by atoms with Crippen LogP contribution < -0.4 is 5.73 Å². The quantitative estimate of drug-likeness (QED) is 0.902. The van der Waals surface area contributed by atoms with Crippen molar-refractivity contribution in [2.75, 3.05) is 0 Å². The van der Waals surface area contributed by atoms with Gasteiger partial charge in [0.15, 0.2) is 0 Å². The van der Waals surface area contributed by atoms with Crippen LogP contribution in [0.2, 0.25) is 0 Å². The van der Waals surface area contributed by atoms with E-state index in [1.807, 2.05) is 6.07 Å². The standard InChI is InChI=1S/C14H16N2OS/c15-14(17)10-7-5-9(6-8-10)13-11-3-1-2-4-12(11)18-16-13/h1-4,9-10H,5-8H2,(H2,15,17)/t9-,10+. The third-order valence-electron chi connectivity index (χ3n) is 3.92. The van der Waals surface area contributed by atoms with Gasteiger partial charge in [-0.25, -0.2) is 0 Å². The summed E-state index contributed by atoms with van der Waals surface area (Å²) in [6.07, 6.45) is 3.88. The van der Waals surface area contributed by atoms with E-state index in [0.29, 0.717) is 5.92 Å². The fourth-order valence-electron chi connectivity index (χ4n) is 2.85. The number of nitrogens with zero attached hydrogens (tertiary/aromatic N) is 1. The second-order valence-corrected chi connectivity index (χ2v) is 5.82. The number of nitrogens with two attached hydrogens (primary N) is 1. The number of amides is 1. The monoisotopic (exact) mass is 260 g/mol. The van der Waals surface area contributed by atoms with Gasteiger partial charge >= 0.3 is 0 Å². The van der Waals surface area contributed by atoms with Crippen LogP contribution in [0, 0.1) is 5.92 Å². The molecule has 1 saturated carbocycles. The molecule has 1 amide bonds. The van der Waals surface area contributed by atoms with Crippen molar-refractivity contribution in [1.29, 1.82) is 0 Å². The van der Waals surface area contributed by atoms with Crippen LogP contribution in [0.1, 0.15) is 37.3 Å². The van der Waals surface area contributed by atoms with Crippen molar-refractivity contribution in [3.8, 4) is 0 Å². The average Bonchev–Trinajstić information content (AvgIpc) is 2.82. The molecule has 4 heteroatoms. The molecule has 0 bridgehead atoms. The van der Waals surface area contributed by atoms with Gasteiger partial charge in [0.25, 0.3) is 0 Å². The summed E-state index contributed by atoms with van der Waals surface area (Å²) in [7, 11) is 0. The number of hydrogen-bond donors (Lipinski definition) is 1. The van der Waals surface area contributed by atoms with Gasteiger partial charge in [-0.3, -0.25) is 4.79 Å². The Labute approximate surface area is 110 Å². The number of aromatic nitrogens is 1. The van der Waals surface area contributed by atoms with Gasteiger partial charge in [-0.15, -0.1) is 0 Å². The molecule has 0 unspecified atom stereocenters. The van der Waals surface area contributed by atoms with Crippen LogP contribution in [0.15, 0.2) is 24.3 Å². The first-order valence-electron chi connectivity index (χ1n) is 6.39. The number of rotatable bonds is 2. The fourth-order valence-corrected chi connectivity index (χ4v) is 3.71. The Morgan fingerprint density at radius 2 is 1.94 bits per heavy atom. The molecule has 0 aliphatic heterocycles. The van der Waals surface area contributed by atoms with Crippen LogP contribution in [0.3, 0.4) is 0 Å². The maximum Gasteiger partial charge on any atom is 0.220 e. The Bertz CT molecular complexity index is 570. The summed E-state index contributed by atoms with van der Waals surface area (Å²) in [5, 5.41) is 1.28. The van der Waals surface area contributed by atoms with Crippen molar-refractivity contribution >= 4 is 27.5 Å². The van der Waals surface area contributed by atoms with Gasteiger partial charge in [-0.1, -0.05) is 18.2 Å². The minimum atomic E-state index is -0.142. The van der Waals surface area contributed by atoms with E-state index in [4.69, 9.17) is 5.73 Å². The molecule has 1 aliphatic carbocycles. The first-order chi connectivity index (χ1) is 8.75. The summed E-state index contributed by atoms with van der Waals surface area (Å²) in [4.78, 5) is 11.2. The predicted molar refractivity (Wildman–Crippen MR) is 73.5 cm³/mol. The second-order valence-electron chi connectivity index (χ2n) is 5.01. The molecule has 18 heavy (non-hydrogen) atoms. The van der Waals surface area contributed by atoms with Gasteiger partial charge < -0.3 is 5.73 Å². The number of fused-ring (bicyclic) bond motifs is 1. The molecular weight excluding hydrogens is 244 g/mol. The van der Waals surface area contributed by atoms with E-state index in [1.54, 1.807) is 11.5 Å². The summed E-state index contributed by atoms with van der Waals surface area (Å²) in [6.45, 7) is 0. The molecular formula is C14H16N2OS. The van der Waals surface area contributed by atoms with Crippen molar-refractivity contribution in [3.63, 3.8) is 0 Å². The molecule has 94 valence electrons. The highest BCUT2D eigenvalue weighted by molar-refractivity contribution is 7.13. The van der Waals surface area contributed by atoms with Gasteiger partial charge in [0.1, 0.15) is 0 Å². The van der Waals surface area contributed by atoms with Gasteiger partial charge in [-0.2, -0.15) is 4.37 Å². The maximum absolute atomic E-state index is 11.2. The zero-order valence-corrected chi connectivity index (χ0v) is 11.0. The topological polar surface area (TPSA) is 56.0 Å². The Hall–Kier alpha value is -1.42. The third-order valence-corrected chi connectivity index (χ3v) is 4.76. The fraction of sp³-hybridized carbons (Fsp3) is 0.429. The molecule has 1 aromatic heterocycles. The van der Waals surface area contributed by atoms with Gasteiger partial charge in [-0.05, 0) is 43.3 Å². The zero-order valence-electron chi connectivity index (χ0n) is 10.1. The van der Waals surface area contributed by atoms with Crippen LogP contribution in [0.4, 0.5) is 0 Å². The molecule has 0 saturated heterocycles. The summed E-state index contributed by atoms with van der Waals surface area (Å²) < 4.78 is 5.87. The second kappa shape index (κ2) is 4.69. The Kier molecular flexibility index (Phi) is 3.04. The van der Waals surface area contributed by atoms with Crippen LogP contribution in [-0.4, -0.2) is 10.3 Å². The molecule has 0 atom stereocenters. The van der Waals surface area contributed by atoms with E-state index in [1.165, 1.54) is 15.8 Å². The van der Waals surface area contributed by atoms with Crippen LogP contribution in [0.5, 0.6) is 0 Å². The highest BCUT2D eigenvalue weighted by Crippen LogP contribution is 2.38. The molecule has 0 spiro atoms. The Balaban J connectivity index is 1.82. The SMILES string of the molecule is NC(=O)[C@H]1CC[C@@H](c2nsc3ccccc32)CC1. The molecule has 1 aromatic carbocycles. The number of benzene rings is 1. The van der Waals surface area contributed by atoms with E-state index < -0.39 is 0 Å². The lowest BCUT2D eigenvalue weighted by molar-refractivity contribution is -0.122. The number of primary amides is 1. The minimum Gasteiger partial charge on any atom is -0.369 e. The van der Waals surface area contributed by atoms with Crippen molar-refractivity contribution < 1.29 is 4.79 Å². The van der Waals surface area contributed by atoms with E-state index in [-0.39, 0.29) is 11.8 Å². The van der Waals surface area contributed by atoms with Gasteiger partial charge in [0, 0.05) is 17.2 Å². The lowest BCUT2D eigenvalue weighted by Gasteiger charge is -2.25. The van der Waals surface area contributed by atoms with E-state index in [2.05, 4.69) is 22.6 Å². The molecule has 2 aromatic rings. The average molecular weight is 260 g/mol. The lowest BCUT2D eigenvalue weighted by Crippen LogP contribution is -2.27. The Morgan fingerprint density at radius 1 is 1.22 bits per heavy atom. The Morgan fingerprint density at radius 3 is 2.67 bits per heavy atom. The first kappa shape index (κ1) is 11.7.